The van der Waals surface area contributed by atoms with Crippen molar-refractivity contribution in [3.8, 4) is 5.75 Å². The molecule has 0 aliphatic carbocycles. The second-order valence-corrected chi connectivity index (χ2v) is 7.05. The minimum absolute atomic E-state index is 0.0443. The summed E-state index contributed by atoms with van der Waals surface area (Å²) < 4.78 is 18.4. The highest BCUT2D eigenvalue weighted by atomic mass is 19.1. The molecule has 0 saturated carbocycles. The first-order valence-corrected chi connectivity index (χ1v) is 10.2. The Labute approximate surface area is 195 Å². The number of rotatable bonds is 9. The minimum Gasteiger partial charge on any atom is -0.491 e. The number of carbonyl (C=O) groups is 3. The van der Waals surface area contributed by atoms with E-state index in [1.807, 2.05) is 18.2 Å². The molecule has 4 N–H and O–H groups in total. The summed E-state index contributed by atoms with van der Waals surface area (Å²) in [6.07, 6.45) is -0.689. The van der Waals surface area contributed by atoms with E-state index in [1.165, 1.54) is 12.1 Å². The van der Waals surface area contributed by atoms with E-state index in [9.17, 15) is 14.3 Å². The molecule has 3 rings (SSSR count). The first-order chi connectivity index (χ1) is 16.3. The number of carbonyl (C=O) groups excluding carboxylic acids is 1. The molecule has 9 heteroatoms. The number of aliphatic carboxylic acids is 2. The quantitative estimate of drug-likeness (QED) is 0.278. The third kappa shape index (κ3) is 9.19. The third-order valence-electron chi connectivity index (χ3n) is 4.40. The molecule has 34 heavy (non-hydrogen) atoms. The van der Waals surface area contributed by atoms with Gasteiger partial charge in [-0.15, -0.1) is 0 Å². The summed E-state index contributed by atoms with van der Waals surface area (Å²) in [4.78, 5) is 30.6. The van der Waals surface area contributed by atoms with Gasteiger partial charge in [0.25, 0.3) is 0 Å². The molecule has 0 spiro atoms. The lowest BCUT2D eigenvalue weighted by Gasteiger charge is -2.13. The number of hydrogen-bond donors (Lipinski definition) is 4. The molecule has 3 aromatic carbocycles. The van der Waals surface area contributed by atoms with Crippen molar-refractivity contribution in [2.45, 2.75) is 12.6 Å². The Morgan fingerprint density at radius 3 is 1.94 bits per heavy atom. The minimum atomic E-state index is -1.82. The zero-order valence-electron chi connectivity index (χ0n) is 18.1. The first-order valence-electron chi connectivity index (χ1n) is 10.2. The second-order valence-electron chi connectivity index (χ2n) is 7.05. The molecular formula is C25H24FNO7. The summed E-state index contributed by atoms with van der Waals surface area (Å²) in [5.74, 6) is -3.38. The fraction of sp³-hybridized carbons (Fsp3) is 0.160. The van der Waals surface area contributed by atoms with Crippen molar-refractivity contribution in [2.75, 3.05) is 13.2 Å². The fourth-order valence-electron chi connectivity index (χ4n) is 2.70. The first kappa shape index (κ1) is 26.2. The SMILES string of the molecule is O=C(O)C(=O)O.O=C(c1ccccc1)c1ccc(OCC(O)CNCc2ccc(F)cc2)cc1. The van der Waals surface area contributed by atoms with Gasteiger partial charge in [0, 0.05) is 24.2 Å². The number of aliphatic hydroxyl groups excluding tert-OH is 1. The predicted molar refractivity (Wildman–Crippen MR) is 121 cm³/mol. The van der Waals surface area contributed by atoms with Crippen LogP contribution in [0, 0.1) is 5.82 Å². The number of ether oxygens (including phenoxy) is 1. The molecule has 0 aliphatic heterocycles. The number of nitrogens with one attached hydrogen (secondary N) is 1. The van der Waals surface area contributed by atoms with Crippen LogP contribution < -0.4 is 10.1 Å². The Morgan fingerprint density at radius 1 is 0.824 bits per heavy atom. The van der Waals surface area contributed by atoms with Crippen molar-refractivity contribution >= 4 is 17.7 Å². The molecule has 8 nitrogen and oxygen atoms in total. The van der Waals surface area contributed by atoms with Crippen molar-refractivity contribution in [3.05, 3.63) is 101 Å². The lowest BCUT2D eigenvalue weighted by Crippen LogP contribution is -2.31. The molecule has 0 heterocycles. The Morgan fingerprint density at radius 2 is 1.38 bits per heavy atom. The molecule has 0 radical (unpaired) electrons. The molecule has 0 bridgehead atoms. The van der Waals surface area contributed by atoms with E-state index in [2.05, 4.69) is 5.32 Å². The second kappa shape index (κ2) is 13.5. The van der Waals surface area contributed by atoms with Crippen LogP contribution in [0.2, 0.25) is 0 Å². The normalized spacial score (nSPS) is 11.0. The van der Waals surface area contributed by atoms with E-state index < -0.39 is 18.0 Å². The average molecular weight is 469 g/mol. The van der Waals surface area contributed by atoms with Gasteiger partial charge in [-0.05, 0) is 42.0 Å². The van der Waals surface area contributed by atoms with E-state index in [0.717, 1.165) is 5.56 Å². The van der Waals surface area contributed by atoms with Gasteiger partial charge in [0.2, 0.25) is 0 Å². The number of aliphatic hydroxyl groups is 1. The van der Waals surface area contributed by atoms with Gasteiger partial charge in [-0.25, -0.2) is 14.0 Å². The molecule has 0 saturated heterocycles. The van der Waals surface area contributed by atoms with Gasteiger partial charge in [0.1, 0.15) is 24.3 Å². The summed E-state index contributed by atoms with van der Waals surface area (Å²) in [6, 6.07) is 22.2. The summed E-state index contributed by atoms with van der Waals surface area (Å²) in [5, 5.41) is 27.9. The summed E-state index contributed by atoms with van der Waals surface area (Å²) in [6.45, 7) is 1.01. The highest BCUT2D eigenvalue weighted by Gasteiger charge is 2.09. The summed E-state index contributed by atoms with van der Waals surface area (Å²) in [5.41, 5.74) is 2.16. The molecule has 0 fully saturated rings. The largest absolute Gasteiger partial charge is 0.491 e. The number of benzene rings is 3. The molecule has 0 aliphatic rings. The highest BCUT2D eigenvalue weighted by molar-refractivity contribution is 6.27. The molecule has 178 valence electrons. The van der Waals surface area contributed by atoms with Gasteiger partial charge in [0.15, 0.2) is 5.78 Å². The van der Waals surface area contributed by atoms with Crippen molar-refractivity contribution in [1.29, 1.82) is 0 Å². The lowest BCUT2D eigenvalue weighted by molar-refractivity contribution is -0.159. The number of halogens is 1. The monoisotopic (exact) mass is 469 g/mol. The van der Waals surface area contributed by atoms with E-state index in [-0.39, 0.29) is 18.2 Å². The zero-order valence-corrected chi connectivity index (χ0v) is 18.1. The predicted octanol–water partition coefficient (Wildman–Crippen LogP) is 2.74. The summed E-state index contributed by atoms with van der Waals surface area (Å²) >= 11 is 0. The van der Waals surface area contributed by atoms with E-state index >= 15 is 0 Å². The lowest BCUT2D eigenvalue weighted by atomic mass is 10.0. The van der Waals surface area contributed by atoms with Gasteiger partial charge in [-0.3, -0.25) is 4.79 Å². The standard InChI is InChI=1S/C23H22FNO3.C2H2O4/c24-20-10-6-17(7-11-20)14-25-15-21(26)16-28-22-12-8-19(9-13-22)23(27)18-4-2-1-3-5-18;3-1(4)2(5)6/h1-13,21,25-26H,14-16H2;(H,3,4)(H,5,6). The Kier molecular flexibility index (Phi) is 10.4. The van der Waals surface area contributed by atoms with Crippen molar-refractivity contribution in [1.82, 2.24) is 5.32 Å². The fourth-order valence-corrected chi connectivity index (χ4v) is 2.70. The van der Waals surface area contributed by atoms with Crippen molar-refractivity contribution in [3.63, 3.8) is 0 Å². The third-order valence-corrected chi connectivity index (χ3v) is 4.40. The molecular weight excluding hydrogens is 445 g/mol. The van der Waals surface area contributed by atoms with Crippen LogP contribution in [-0.4, -0.2) is 52.3 Å². The maximum Gasteiger partial charge on any atom is 0.414 e. The van der Waals surface area contributed by atoms with Crippen LogP contribution in [0.15, 0.2) is 78.9 Å². The Balaban J connectivity index is 0.000000604. The van der Waals surface area contributed by atoms with Crippen LogP contribution in [0.3, 0.4) is 0 Å². The smallest absolute Gasteiger partial charge is 0.414 e. The maximum absolute atomic E-state index is 12.9. The van der Waals surface area contributed by atoms with Gasteiger partial charge < -0.3 is 25.4 Å². The topological polar surface area (TPSA) is 133 Å². The van der Waals surface area contributed by atoms with Crippen molar-refractivity contribution in [2.24, 2.45) is 0 Å². The van der Waals surface area contributed by atoms with Crippen LogP contribution in [0.4, 0.5) is 4.39 Å². The van der Waals surface area contributed by atoms with Crippen LogP contribution >= 0.6 is 0 Å². The maximum atomic E-state index is 12.9. The van der Waals surface area contributed by atoms with E-state index in [1.54, 1.807) is 48.5 Å². The molecule has 3 aromatic rings. The van der Waals surface area contributed by atoms with Crippen LogP contribution in [0.5, 0.6) is 5.75 Å². The van der Waals surface area contributed by atoms with E-state index in [4.69, 9.17) is 24.5 Å². The molecule has 0 aromatic heterocycles. The van der Waals surface area contributed by atoms with Crippen LogP contribution in [0.1, 0.15) is 21.5 Å². The summed E-state index contributed by atoms with van der Waals surface area (Å²) in [7, 11) is 0. The number of ketones is 1. The molecule has 1 unspecified atom stereocenters. The van der Waals surface area contributed by atoms with Gasteiger partial charge in [0.05, 0.1) is 0 Å². The highest BCUT2D eigenvalue weighted by Crippen LogP contribution is 2.15. The number of carboxylic acids is 2. The number of carboxylic acid groups (broad SMARTS) is 2. The molecule has 1 atom stereocenters. The van der Waals surface area contributed by atoms with Gasteiger partial charge in [-0.1, -0.05) is 42.5 Å². The van der Waals surface area contributed by atoms with Gasteiger partial charge in [-0.2, -0.15) is 0 Å². The average Bonchev–Trinajstić information content (AvgIpc) is 2.85. The van der Waals surface area contributed by atoms with Gasteiger partial charge >= 0.3 is 11.9 Å². The zero-order chi connectivity index (χ0) is 24.9. The molecule has 0 amide bonds. The van der Waals surface area contributed by atoms with Crippen LogP contribution in [-0.2, 0) is 16.1 Å². The Hall–Kier alpha value is -4.08. The van der Waals surface area contributed by atoms with Crippen LogP contribution in [0.25, 0.3) is 0 Å². The Bertz CT molecular complexity index is 1060. The van der Waals surface area contributed by atoms with E-state index in [0.29, 0.717) is 30.0 Å². The number of hydrogen-bond acceptors (Lipinski definition) is 6. The van der Waals surface area contributed by atoms with Crippen molar-refractivity contribution < 1.29 is 38.8 Å².